The van der Waals surface area contributed by atoms with Crippen LogP contribution in [0.4, 0.5) is 16.2 Å². The standard InChI is InChI=1S/C20H24N2O4S/c1-12-13(2)15(4)19(16(5)14(12)3)27(24,25)21-17-7-6-8-18(11-17)22-9-10-26-20(22)23/h6-8,11,21H,9-10H2,1-5H3. The minimum atomic E-state index is -3.77. The van der Waals surface area contributed by atoms with E-state index in [9.17, 15) is 13.2 Å². The molecular formula is C20H24N2O4S. The SMILES string of the molecule is Cc1c(C)c(C)c(S(=O)(=O)Nc2cccc(N3CCOC3=O)c2)c(C)c1C. The summed E-state index contributed by atoms with van der Waals surface area (Å²) in [6, 6.07) is 6.77. The Labute approximate surface area is 160 Å². The molecule has 1 fully saturated rings. The lowest BCUT2D eigenvalue weighted by Crippen LogP contribution is -2.23. The number of anilines is 2. The highest BCUT2D eigenvalue weighted by molar-refractivity contribution is 7.92. The molecule has 2 aromatic carbocycles. The second-order valence-electron chi connectivity index (χ2n) is 6.88. The van der Waals surface area contributed by atoms with Gasteiger partial charge in [0.1, 0.15) is 6.61 Å². The number of hydrogen-bond donors (Lipinski definition) is 1. The van der Waals surface area contributed by atoms with Crippen molar-refractivity contribution >= 4 is 27.5 Å². The second-order valence-corrected chi connectivity index (χ2v) is 8.50. The van der Waals surface area contributed by atoms with Gasteiger partial charge < -0.3 is 4.74 Å². The van der Waals surface area contributed by atoms with Gasteiger partial charge in [0, 0.05) is 5.69 Å². The average Bonchev–Trinajstić information content (AvgIpc) is 3.04. The molecule has 1 amide bonds. The van der Waals surface area contributed by atoms with Crippen molar-refractivity contribution in [3.8, 4) is 0 Å². The summed E-state index contributed by atoms with van der Waals surface area (Å²) in [5, 5.41) is 0. The van der Waals surface area contributed by atoms with Crippen molar-refractivity contribution in [3.63, 3.8) is 0 Å². The summed E-state index contributed by atoms with van der Waals surface area (Å²) in [5.41, 5.74) is 5.58. The summed E-state index contributed by atoms with van der Waals surface area (Å²) in [5.74, 6) is 0. The fraction of sp³-hybridized carbons (Fsp3) is 0.350. The fourth-order valence-electron chi connectivity index (χ4n) is 3.44. The Hall–Kier alpha value is -2.54. The van der Waals surface area contributed by atoms with E-state index in [1.54, 1.807) is 24.3 Å². The molecule has 6 nitrogen and oxygen atoms in total. The van der Waals surface area contributed by atoms with Gasteiger partial charge in [0.15, 0.2) is 0 Å². The van der Waals surface area contributed by atoms with Crippen LogP contribution in [0, 0.1) is 34.6 Å². The number of amides is 1. The number of nitrogens with zero attached hydrogens (tertiary/aromatic N) is 1. The van der Waals surface area contributed by atoms with Crippen LogP contribution in [-0.4, -0.2) is 27.7 Å². The van der Waals surface area contributed by atoms with Crippen LogP contribution in [0.3, 0.4) is 0 Å². The first-order valence-corrected chi connectivity index (χ1v) is 10.3. The summed E-state index contributed by atoms with van der Waals surface area (Å²) in [4.78, 5) is 13.5. The summed E-state index contributed by atoms with van der Waals surface area (Å²) >= 11 is 0. The molecule has 0 saturated carbocycles. The van der Waals surface area contributed by atoms with E-state index in [4.69, 9.17) is 4.74 Å². The van der Waals surface area contributed by atoms with E-state index in [1.807, 2.05) is 34.6 Å². The van der Waals surface area contributed by atoms with Gasteiger partial charge in [-0.3, -0.25) is 9.62 Å². The van der Waals surface area contributed by atoms with Gasteiger partial charge in [-0.05, 0) is 80.6 Å². The van der Waals surface area contributed by atoms with E-state index in [1.165, 1.54) is 4.90 Å². The van der Waals surface area contributed by atoms with E-state index in [0.717, 1.165) is 27.8 Å². The largest absolute Gasteiger partial charge is 0.447 e. The van der Waals surface area contributed by atoms with Crippen molar-refractivity contribution in [2.24, 2.45) is 0 Å². The smallest absolute Gasteiger partial charge is 0.414 e. The molecule has 144 valence electrons. The summed E-state index contributed by atoms with van der Waals surface area (Å²) in [6.45, 7) is 10.3. The van der Waals surface area contributed by atoms with E-state index in [2.05, 4.69) is 4.72 Å². The molecule has 0 bridgehead atoms. The second kappa shape index (κ2) is 6.88. The van der Waals surface area contributed by atoms with E-state index in [-0.39, 0.29) is 0 Å². The van der Waals surface area contributed by atoms with Crippen LogP contribution >= 0.6 is 0 Å². The van der Waals surface area contributed by atoms with Crippen molar-refractivity contribution in [2.45, 2.75) is 39.5 Å². The van der Waals surface area contributed by atoms with Gasteiger partial charge in [-0.2, -0.15) is 0 Å². The first kappa shape index (κ1) is 19.2. The maximum Gasteiger partial charge on any atom is 0.414 e. The predicted molar refractivity (Wildman–Crippen MR) is 106 cm³/mol. The Balaban J connectivity index is 2.00. The zero-order valence-corrected chi connectivity index (χ0v) is 17.0. The van der Waals surface area contributed by atoms with Crippen molar-refractivity contribution in [2.75, 3.05) is 22.8 Å². The number of ether oxygens (including phenoxy) is 1. The summed E-state index contributed by atoms with van der Waals surface area (Å²) in [7, 11) is -3.77. The van der Waals surface area contributed by atoms with Crippen LogP contribution < -0.4 is 9.62 Å². The minimum Gasteiger partial charge on any atom is -0.447 e. The molecule has 1 N–H and O–H groups in total. The quantitative estimate of drug-likeness (QED) is 0.859. The third kappa shape index (κ3) is 3.39. The average molecular weight is 388 g/mol. The van der Waals surface area contributed by atoms with Crippen LogP contribution in [0.2, 0.25) is 0 Å². The van der Waals surface area contributed by atoms with Gasteiger partial charge in [-0.15, -0.1) is 0 Å². The molecule has 3 rings (SSSR count). The number of cyclic esters (lactones) is 1. The first-order valence-electron chi connectivity index (χ1n) is 8.77. The molecular weight excluding hydrogens is 364 g/mol. The van der Waals surface area contributed by atoms with E-state index < -0.39 is 16.1 Å². The molecule has 2 aromatic rings. The molecule has 0 aromatic heterocycles. The maximum absolute atomic E-state index is 13.1. The van der Waals surface area contributed by atoms with Crippen LogP contribution in [0.1, 0.15) is 27.8 Å². The van der Waals surface area contributed by atoms with Gasteiger partial charge in [0.25, 0.3) is 10.0 Å². The van der Waals surface area contributed by atoms with Crippen LogP contribution in [0.5, 0.6) is 0 Å². The number of hydrogen-bond acceptors (Lipinski definition) is 4. The molecule has 0 spiro atoms. The van der Waals surface area contributed by atoms with Crippen molar-refractivity contribution in [1.82, 2.24) is 0 Å². The number of sulfonamides is 1. The zero-order valence-electron chi connectivity index (χ0n) is 16.2. The lowest BCUT2D eigenvalue weighted by Gasteiger charge is -2.20. The van der Waals surface area contributed by atoms with Crippen LogP contribution in [0.25, 0.3) is 0 Å². The van der Waals surface area contributed by atoms with E-state index >= 15 is 0 Å². The molecule has 1 saturated heterocycles. The Morgan fingerprint density at radius 2 is 1.56 bits per heavy atom. The third-order valence-electron chi connectivity index (χ3n) is 5.37. The van der Waals surface area contributed by atoms with Gasteiger partial charge in [0.05, 0.1) is 17.1 Å². The summed E-state index contributed by atoms with van der Waals surface area (Å²) in [6.07, 6.45) is -0.425. The molecule has 0 aliphatic carbocycles. The molecule has 0 atom stereocenters. The monoisotopic (exact) mass is 388 g/mol. The zero-order chi connectivity index (χ0) is 19.9. The predicted octanol–water partition coefficient (Wildman–Crippen LogP) is 3.99. The maximum atomic E-state index is 13.1. The Morgan fingerprint density at radius 3 is 2.11 bits per heavy atom. The normalized spacial score (nSPS) is 14.4. The highest BCUT2D eigenvalue weighted by atomic mass is 32.2. The lowest BCUT2D eigenvalue weighted by molar-refractivity contribution is 0.181. The van der Waals surface area contributed by atoms with Gasteiger partial charge in [-0.25, -0.2) is 13.2 Å². The number of nitrogens with one attached hydrogen (secondary N) is 1. The number of rotatable bonds is 4. The van der Waals surface area contributed by atoms with Gasteiger partial charge in [-0.1, -0.05) is 6.07 Å². The molecule has 0 radical (unpaired) electrons. The summed E-state index contributed by atoms with van der Waals surface area (Å²) < 4.78 is 33.9. The van der Waals surface area contributed by atoms with Crippen molar-refractivity contribution in [1.29, 1.82) is 0 Å². The number of benzene rings is 2. The molecule has 7 heteroatoms. The third-order valence-corrected chi connectivity index (χ3v) is 7.03. The number of carbonyl (C=O) groups is 1. The van der Waals surface area contributed by atoms with Crippen molar-refractivity contribution < 1.29 is 17.9 Å². The molecule has 1 aliphatic heterocycles. The highest BCUT2D eigenvalue weighted by Crippen LogP contribution is 2.31. The number of carbonyl (C=O) groups excluding carboxylic acids is 1. The molecule has 1 aliphatic rings. The molecule has 0 unspecified atom stereocenters. The van der Waals surface area contributed by atoms with E-state index in [0.29, 0.717) is 29.4 Å². The topological polar surface area (TPSA) is 75.7 Å². The minimum absolute atomic E-state index is 0.314. The lowest BCUT2D eigenvalue weighted by atomic mass is 9.95. The van der Waals surface area contributed by atoms with Crippen molar-refractivity contribution in [3.05, 3.63) is 52.1 Å². The first-order chi connectivity index (χ1) is 12.6. The van der Waals surface area contributed by atoms with Crippen LogP contribution in [0.15, 0.2) is 29.2 Å². The molecule has 1 heterocycles. The molecule has 27 heavy (non-hydrogen) atoms. The fourth-order valence-corrected chi connectivity index (χ4v) is 5.09. The van der Waals surface area contributed by atoms with Gasteiger partial charge >= 0.3 is 6.09 Å². The highest BCUT2D eigenvalue weighted by Gasteiger charge is 2.26. The van der Waals surface area contributed by atoms with Gasteiger partial charge in [0.2, 0.25) is 0 Å². The van der Waals surface area contributed by atoms with Crippen LogP contribution in [-0.2, 0) is 14.8 Å². The Kier molecular flexibility index (Phi) is 4.90. The Bertz CT molecular complexity index is 1000. The Morgan fingerprint density at radius 1 is 0.963 bits per heavy atom.